The van der Waals surface area contributed by atoms with Crippen molar-refractivity contribution in [2.45, 2.75) is 199 Å². The van der Waals surface area contributed by atoms with Gasteiger partial charge >= 0.3 is 0 Å². The number of likely N-dealkylation sites (N-methyl/N-ethyl adjacent to an activating group) is 1. The number of quaternary nitrogens is 1. The van der Waals surface area contributed by atoms with Crippen molar-refractivity contribution in [2.75, 3.05) is 40.9 Å². The molecule has 3 atom stereocenters. The number of rotatable bonds is 37. The zero-order valence-electron chi connectivity index (χ0n) is 32.9. The summed E-state index contributed by atoms with van der Waals surface area (Å²) in [6.45, 7) is 4.63. The molecular formula is C40H81N2O6P. The zero-order valence-corrected chi connectivity index (χ0v) is 33.8. The van der Waals surface area contributed by atoms with E-state index in [-0.39, 0.29) is 19.1 Å². The van der Waals surface area contributed by atoms with Gasteiger partial charge in [0.25, 0.3) is 7.82 Å². The van der Waals surface area contributed by atoms with Gasteiger partial charge in [-0.2, -0.15) is 0 Å². The molecule has 0 fully saturated rings. The molecule has 0 heterocycles. The van der Waals surface area contributed by atoms with Crippen LogP contribution in [0, 0.1) is 0 Å². The first-order valence-electron chi connectivity index (χ1n) is 20.6. The summed E-state index contributed by atoms with van der Waals surface area (Å²) >= 11 is 0. The first kappa shape index (κ1) is 48.2. The number of amides is 1. The lowest BCUT2D eigenvalue weighted by Gasteiger charge is -2.29. The Morgan fingerprint density at radius 3 is 1.53 bits per heavy atom. The van der Waals surface area contributed by atoms with Gasteiger partial charge in [0.2, 0.25) is 5.91 Å². The molecule has 8 nitrogen and oxygen atoms in total. The van der Waals surface area contributed by atoms with E-state index in [1.54, 1.807) is 6.08 Å². The van der Waals surface area contributed by atoms with Crippen LogP contribution >= 0.6 is 7.82 Å². The van der Waals surface area contributed by atoms with Crippen molar-refractivity contribution >= 4 is 13.7 Å². The molecule has 0 aliphatic rings. The lowest BCUT2D eigenvalue weighted by molar-refractivity contribution is -0.870. The number of carbonyl (C=O) groups excluding carboxylic acids is 1. The number of unbranched alkanes of at least 4 members (excludes halogenated alkanes) is 24. The quantitative estimate of drug-likeness (QED) is 0.0287. The Labute approximate surface area is 303 Å². The molecule has 0 rings (SSSR count). The van der Waals surface area contributed by atoms with Crippen LogP contribution in [0.5, 0.6) is 0 Å². The molecule has 292 valence electrons. The molecule has 1 amide bonds. The topological polar surface area (TPSA) is 108 Å². The first-order valence-corrected chi connectivity index (χ1v) is 22.0. The Hall–Kier alpha value is -0.760. The van der Waals surface area contributed by atoms with Crippen LogP contribution < -0.4 is 10.2 Å². The molecule has 0 aromatic heterocycles. The van der Waals surface area contributed by atoms with Crippen molar-refractivity contribution in [1.29, 1.82) is 0 Å². The third-order valence-corrected chi connectivity index (χ3v) is 10.2. The number of allylic oxidation sites excluding steroid dienone is 1. The van der Waals surface area contributed by atoms with E-state index >= 15 is 0 Å². The highest BCUT2D eigenvalue weighted by atomic mass is 31.2. The fourth-order valence-corrected chi connectivity index (χ4v) is 6.64. The van der Waals surface area contributed by atoms with E-state index in [9.17, 15) is 19.4 Å². The molecule has 0 aromatic rings. The van der Waals surface area contributed by atoms with Gasteiger partial charge in [-0.1, -0.05) is 174 Å². The fourth-order valence-electron chi connectivity index (χ4n) is 5.92. The third kappa shape index (κ3) is 35.4. The predicted octanol–water partition coefficient (Wildman–Crippen LogP) is 10.2. The fraction of sp³-hybridized carbons (Fsp3) is 0.925. The van der Waals surface area contributed by atoms with Gasteiger partial charge < -0.3 is 28.8 Å². The number of aliphatic hydroxyl groups is 1. The van der Waals surface area contributed by atoms with Crippen molar-refractivity contribution in [3.63, 3.8) is 0 Å². The molecular weight excluding hydrogens is 635 g/mol. The summed E-state index contributed by atoms with van der Waals surface area (Å²) in [4.78, 5) is 25.2. The van der Waals surface area contributed by atoms with Gasteiger partial charge in [-0.15, -0.1) is 0 Å². The molecule has 0 aliphatic heterocycles. The smallest absolute Gasteiger partial charge is 0.268 e. The molecule has 0 aliphatic carbocycles. The van der Waals surface area contributed by atoms with Gasteiger partial charge in [-0.25, -0.2) is 0 Å². The van der Waals surface area contributed by atoms with E-state index in [4.69, 9.17) is 9.05 Å². The molecule has 0 spiro atoms. The summed E-state index contributed by atoms with van der Waals surface area (Å²) in [5.74, 6) is -0.197. The largest absolute Gasteiger partial charge is 0.756 e. The van der Waals surface area contributed by atoms with Crippen molar-refractivity contribution in [3.8, 4) is 0 Å². The first-order chi connectivity index (χ1) is 23.5. The van der Waals surface area contributed by atoms with Crippen LogP contribution in [0.3, 0.4) is 0 Å². The van der Waals surface area contributed by atoms with Gasteiger partial charge in [-0.05, 0) is 19.3 Å². The molecule has 3 unspecified atom stereocenters. The van der Waals surface area contributed by atoms with Crippen molar-refractivity contribution in [2.24, 2.45) is 0 Å². The number of nitrogens with zero attached hydrogens (tertiary/aromatic N) is 1. The van der Waals surface area contributed by atoms with E-state index in [0.29, 0.717) is 17.4 Å². The van der Waals surface area contributed by atoms with E-state index in [1.807, 2.05) is 27.2 Å². The second-order valence-corrected chi connectivity index (χ2v) is 16.8. The van der Waals surface area contributed by atoms with E-state index in [1.165, 1.54) is 128 Å². The lowest BCUT2D eigenvalue weighted by Crippen LogP contribution is -2.45. The number of nitrogens with one attached hydrogen (secondary N) is 1. The number of carbonyl (C=O) groups is 1. The Bertz CT molecular complexity index is 819. The van der Waals surface area contributed by atoms with Crippen LogP contribution in [0.15, 0.2) is 12.2 Å². The average Bonchev–Trinajstić information content (AvgIpc) is 3.04. The van der Waals surface area contributed by atoms with Gasteiger partial charge in [0.15, 0.2) is 0 Å². The van der Waals surface area contributed by atoms with Crippen LogP contribution in [-0.2, 0) is 18.4 Å². The van der Waals surface area contributed by atoms with Gasteiger partial charge in [0.05, 0.1) is 39.9 Å². The minimum absolute atomic E-state index is 0.00180. The summed E-state index contributed by atoms with van der Waals surface area (Å²) in [7, 11) is 1.27. The maximum absolute atomic E-state index is 12.8. The van der Waals surface area contributed by atoms with E-state index in [0.717, 1.165) is 38.5 Å². The highest BCUT2D eigenvalue weighted by Crippen LogP contribution is 2.38. The minimum Gasteiger partial charge on any atom is -0.756 e. The van der Waals surface area contributed by atoms with E-state index < -0.39 is 20.0 Å². The van der Waals surface area contributed by atoms with Gasteiger partial charge in [-0.3, -0.25) is 9.36 Å². The molecule has 2 N–H and O–H groups in total. The van der Waals surface area contributed by atoms with Gasteiger partial charge in [0.1, 0.15) is 13.2 Å². The molecule has 0 bridgehead atoms. The van der Waals surface area contributed by atoms with Gasteiger partial charge in [0, 0.05) is 6.42 Å². The molecule has 0 aromatic carbocycles. The van der Waals surface area contributed by atoms with Crippen LogP contribution in [0.4, 0.5) is 0 Å². The molecule has 49 heavy (non-hydrogen) atoms. The van der Waals surface area contributed by atoms with Crippen molar-refractivity contribution in [3.05, 3.63) is 12.2 Å². The zero-order chi connectivity index (χ0) is 36.5. The van der Waals surface area contributed by atoms with Crippen molar-refractivity contribution < 1.29 is 32.9 Å². The Morgan fingerprint density at radius 1 is 0.694 bits per heavy atom. The van der Waals surface area contributed by atoms with Crippen LogP contribution in [0.1, 0.15) is 187 Å². The number of aliphatic hydroxyl groups excluding tert-OH is 1. The highest BCUT2D eigenvalue weighted by Gasteiger charge is 2.23. The van der Waals surface area contributed by atoms with Crippen LogP contribution in [0.25, 0.3) is 0 Å². The second-order valence-electron chi connectivity index (χ2n) is 15.4. The second kappa shape index (κ2) is 33.1. The molecule has 0 radical (unpaired) electrons. The number of hydrogen-bond acceptors (Lipinski definition) is 6. The van der Waals surface area contributed by atoms with Crippen molar-refractivity contribution in [1.82, 2.24) is 5.32 Å². The Morgan fingerprint density at radius 2 is 1.10 bits per heavy atom. The Balaban J connectivity index is 4.45. The highest BCUT2D eigenvalue weighted by molar-refractivity contribution is 7.45. The summed E-state index contributed by atoms with van der Waals surface area (Å²) in [6, 6.07) is -0.878. The number of hydrogen-bond donors (Lipinski definition) is 2. The average molecular weight is 717 g/mol. The standard InChI is InChI=1S/C40H81N2O6P/c1-6-8-10-12-14-16-18-20-21-22-24-26-28-30-32-34-40(44)41-38(37-48-49(45,46)47-36-35-42(3,4)5)39(43)33-31-29-27-25-23-19-17-15-13-11-9-7-2/h31,33,38-39,43H,6-30,32,34-37H2,1-5H3,(H-,41,44,45,46)/b33-31+. The summed E-state index contributed by atoms with van der Waals surface area (Å²) in [6.07, 6.45) is 35.3. The molecule has 0 saturated carbocycles. The summed E-state index contributed by atoms with van der Waals surface area (Å²) < 4.78 is 23.1. The number of phosphoric acid groups is 1. The lowest BCUT2D eigenvalue weighted by atomic mass is 10.0. The number of phosphoric ester groups is 1. The monoisotopic (exact) mass is 717 g/mol. The Kier molecular flexibility index (Phi) is 32.6. The normalized spacial score (nSPS) is 14.7. The summed E-state index contributed by atoms with van der Waals surface area (Å²) in [5, 5.41) is 13.7. The SMILES string of the molecule is CCCCCCCCCCCC/C=C/C(O)C(COP(=O)([O-])OCC[N+](C)(C)C)NC(=O)CCCCCCCCCCCCCCCCC. The van der Waals surface area contributed by atoms with Crippen LogP contribution in [-0.4, -0.2) is 68.5 Å². The summed E-state index contributed by atoms with van der Waals surface area (Å²) in [5.41, 5.74) is 0. The minimum atomic E-state index is -4.57. The third-order valence-electron chi connectivity index (χ3n) is 9.25. The van der Waals surface area contributed by atoms with Crippen LogP contribution in [0.2, 0.25) is 0 Å². The predicted molar refractivity (Wildman–Crippen MR) is 205 cm³/mol. The molecule has 0 saturated heterocycles. The van der Waals surface area contributed by atoms with E-state index in [2.05, 4.69) is 19.2 Å². The maximum atomic E-state index is 12.8. The molecule has 9 heteroatoms. The maximum Gasteiger partial charge on any atom is 0.268 e.